The summed E-state index contributed by atoms with van der Waals surface area (Å²) in [5.74, 6) is -0.296. The van der Waals surface area contributed by atoms with E-state index in [4.69, 9.17) is 0 Å². The number of amides is 1. The molecule has 1 amide bonds. The average Bonchev–Trinajstić information content (AvgIpc) is 2.58. The first-order valence-corrected chi connectivity index (χ1v) is 7.59. The van der Waals surface area contributed by atoms with E-state index in [0.717, 1.165) is 11.1 Å². The second-order valence-corrected chi connectivity index (χ2v) is 5.62. The topological polar surface area (TPSA) is 84.0 Å². The van der Waals surface area contributed by atoms with Crippen molar-refractivity contribution in [1.82, 2.24) is 14.9 Å². The Bertz CT molecular complexity index is 1000. The standard InChI is InChI=1S/C18H17N3O3/c1-12-6-8-13(9-7-12)10-19-16(22)11-21-15-5-3-2-4-14(15)17(23)20-18(21)24/h2-9H,10-11H2,1H3,(H,19,22)(H,20,23,24). The van der Waals surface area contributed by atoms with Gasteiger partial charge in [-0.2, -0.15) is 0 Å². The zero-order valence-corrected chi connectivity index (χ0v) is 13.2. The Hall–Kier alpha value is -3.15. The lowest BCUT2D eigenvalue weighted by molar-refractivity contribution is -0.121. The Morgan fingerprint density at radius 1 is 1.08 bits per heavy atom. The quantitative estimate of drug-likeness (QED) is 0.759. The van der Waals surface area contributed by atoms with E-state index in [2.05, 4.69) is 10.3 Å². The minimum Gasteiger partial charge on any atom is -0.350 e. The van der Waals surface area contributed by atoms with Gasteiger partial charge in [0.25, 0.3) is 5.56 Å². The lowest BCUT2D eigenvalue weighted by atomic mass is 10.1. The molecular formula is C18H17N3O3. The molecule has 0 saturated carbocycles. The van der Waals surface area contributed by atoms with E-state index in [0.29, 0.717) is 17.4 Å². The van der Waals surface area contributed by atoms with Gasteiger partial charge in [0.1, 0.15) is 6.54 Å². The number of H-pyrrole nitrogens is 1. The Morgan fingerprint density at radius 3 is 2.54 bits per heavy atom. The van der Waals surface area contributed by atoms with Crippen LogP contribution in [0.4, 0.5) is 0 Å². The molecule has 0 unspecified atom stereocenters. The summed E-state index contributed by atoms with van der Waals surface area (Å²) in [6.07, 6.45) is 0. The molecule has 0 radical (unpaired) electrons. The monoisotopic (exact) mass is 323 g/mol. The zero-order chi connectivity index (χ0) is 17.1. The molecule has 6 heteroatoms. The van der Waals surface area contributed by atoms with Crippen molar-refractivity contribution in [3.8, 4) is 0 Å². The summed E-state index contributed by atoms with van der Waals surface area (Å²) in [5.41, 5.74) is 1.52. The summed E-state index contributed by atoms with van der Waals surface area (Å²) < 4.78 is 1.27. The molecule has 0 aliphatic carbocycles. The zero-order valence-electron chi connectivity index (χ0n) is 13.2. The maximum absolute atomic E-state index is 12.2. The van der Waals surface area contributed by atoms with Gasteiger partial charge >= 0.3 is 5.69 Å². The summed E-state index contributed by atoms with van der Waals surface area (Å²) in [7, 11) is 0. The molecular weight excluding hydrogens is 306 g/mol. The molecule has 0 aliphatic rings. The maximum Gasteiger partial charge on any atom is 0.329 e. The second kappa shape index (κ2) is 6.54. The Balaban J connectivity index is 1.79. The van der Waals surface area contributed by atoms with Gasteiger partial charge in [0.2, 0.25) is 5.91 Å². The lowest BCUT2D eigenvalue weighted by Crippen LogP contribution is -2.36. The molecule has 0 saturated heterocycles. The third-order valence-electron chi connectivity index (χ3n) is 3.82. The van der Waals surface area contributed by atoms with E-state index in [1.54, 1.807) is 24.3 Å². The number of nitrogens with one attached hydrogen (secondary N) is 2. The first-order valence-electron chi connectivity index (χ1n) is 7.59. The molecule has 2 aromatic carbocycles. The fraction of sp³-hybridized carbons (Fsp3) is 0.167. The van der Waals surface area contributed by atoms with Gasteiger partial charge in [0.15, 0.2) is 0 Å². The van der Waals surface area contributed by atoms with E-state index >= 15 is 0 Å². The highest BCUT2D eigenvalue weighted by Crippen LogP contribution is 2.06. The van der Waals surface area contributed by atoms with Crippen LogP contribution < -0.4 is 16.6 Å². The highest BCUT2D eigenvalue weighted by Gasteiger charge is 2.10. The SMILES string of the molecule is Cc1ccc(CNC(=O)Cn2c(=O)[nH]c(=O)c3ccccc32)cc1. The van der Waals surface area contributed by atoms with Crippen LogP contribution >= 0.6 is 0 Å². The van der Waals surface area contributed by atoms with Crippen LogP contribution in [0, 0.1) is 6.92 Å². The van der Waals surface area contributed by atoms with Crippen molar-refractivity contribution in [2.24, 2.45) is 0 Å². The molecule has 0 spiro atoms. The first kappa shape index (κ1) is 15.7. The van der Waals surface area contributed by atoms with Crippen LogP contribution in [0.2, 0.25) is 0 Å². The van der Waals surface area contributed by atoms with E-state index in [-0.39, 0.29) is 12.5 Å². The smallest absolute Gasteiger partial charge is 0.329 e. The number of rotatable bonds is 4. The van der Waals surface area contributed by atoms with Gasteiger partial charge in [0.05, 0.1) is 10.9 Å². The van der Waals surface area contributed by atoms with E-state index in [9.17, 15) is 14.4 Å². The predicted octanol–water partition coefficient (Wildman–Crippen LogP) is 1.31. The van der Waals surface area contributed by atoms with Crippen LogP contribution in [-0.4, -0.2) is 15.5 Å². The second-order valence-electron chi connectivity index (χ2n) is 5.62. The average molecular weight is 323 g/mol. The van der Waals surface area contributed by atoms with Crippen molar-refractivity contribution in [2.75, 3.05) is 0 Å². The molecule has 122 valence electrons. The predicted molar refractivity (Wildman–Crippen MR) is 91.9 cm³/mol. The highest BCUT2D eigenvalue weighted by atomic mass is 16.2. The lowest BCUT2D eigenvalue weighted by Gasteiger charge is -2.10. The molecule has 1 aromatic heterocycles. The van der Waals surface area contributed by atoms with Crippen molar-refractivity contribution in [3.05, 3.63) is 80.5 Å². The molecule has 24 heavy (non-hydrogen) atoms. The van der Waals surface area contributed by atoms with Gasteiger partial charge in [-0.15, -0.1) is 0 Å². The van der Waals surface area contributed by atoms with E-state index < -0.39 is 11.2 Å². The number of aryl methyl sites for hydroxylation is 1. The van der Waals surface area contributed by atoms with Crippen LogP contribution in [0.25, 0.3) is 10.9 Å². The van der Waals surface area contributed by atoms with Crippen molar-refractivity contribution in [2.45, 2.75) is 20.0 Å². The number of para-hydroxylation sites is 1. The molecule has 0 fully saturated rings. The Labute approximate surface area is 137 Å². The Morgan fingerprint density at radius 2 is 1.79 bits per heavy atom. The number of hydrogen-bond donors (Lipinski definition) is 2. The summed E-state index contributed by atoms with van der Waals surface area (Å²) in [6, 6.07) is 14.5. The van der Waals surface area contributed by atoms with Crippen LogP contribution in [0.15, 0.2) is 58.1 Å². The largest absolute Gasteiger partial charge is 0.350 e. The summed E-state index contributed by atoms with van der Waals surface area (Å²) >= 11 is 0. The van der Waals surface area contributed by atoms with Gasteiger partial charge < -0.3 is 5.32 Å². The van der Waals surface area contributed by atoms with Crippen molar-refractivity contribution < 1.29 is 4.79 Å². The minimum atomic E-state index is -0.593. The summed E-state index contributed by atoms with van der Waals surface area (Å²) in [4.78, 5) is 38.2. The number of carbonyl (C=O) groups excluding carboxylic acids is 1. The van der Waals surface area contributed by atoms with Gasteiger partial charge in [-0.25, -0.2) is 4.79 Å². The number of hydrogen-bond acceptors (Lipinski definition) is 3. The molecule has 2 N–H and O–H groups in total. The molecule has 3 rings (SSSR count). The molecule has 0 aliphatic heterocycles. The van der Waals surface area contributed by atoms with Crippen LogP contribution in [-0.2, 0) is 17.9 Å². The van der Waals surface area contributed by atoms with Gasteiger partial charge in [-0.05, 0) is 24.6 Å². The van der Waals surface area contributed by atoms with E-state index in [1.165, 1.54) is 4.57 Å². The fourth-order valence-corrected chi connectivity index (χ4v) is 2.51. The number of carbonyl (C=O) groups is 1. The van der Waals surface area contributed by atoms with Gasteiger partial charge in [-0.3, -0.25) is 19.1 Å². The number of aromatic nitrogens is 2. The van der Waals surface area contributed by atoms with Crippen molar-refractivity contribution >= 4 is 16.8 Å². The normalized spacial score (nSPS) is 10.7. The number of fused-ring (bicyclic) bond motifs is 1. The maximum atomic E-state index is 12.2. The summed E-state index contributed by atoms with van der Waals surface area (Å²) in [6.45, 7) is 2.23. The molecule has 1 heterocycles. The first-order chi connectivity index (χ1) is 11.5. The summed E-state index contributed by atoms with van der Waals surface area (Å²) in [5, 5.41) is 3.16. The minimum absolute atomic E-state index is 0.151. The number of aromatic amines is 1. The van der Waals surface area contributed by atoms with Crippen LogP contribution in [0.1, 0.15) is 11.1 Å². The third kappa shape index (κ3) is 3.27. The van der Waals surface area contributed by atoms with Crippen LogP contribution in [0.3, 0.4) is 0 Å². The van der Waals surface area contributed by atoms with Gasteiger partial charge in [-0.1, -0.05) is 42.0 Å². The third-order valence-corrected chi connectivity index (χ3v) is 3.82. The Kier molecular flexibility index (Phi) is 4.29. The molecule has 3 aromatic rings. The van der Waals surface area contributed by atoms with Crippen LogP contribution in [0.5, 0.6) is 0 Å². The number of nitrogens with zero attached hydrogens (tertiary/aromatic N) is 1. The van der Waals surface area contributed by atoms with Crippen molar-refractivity contribution in [3.63, 3.8) is 0 Å². The number of benzene rings is 2. The van der Waals surface area contributed by atoms with Gasteiger partial charge in [0, 0.05) is 6.54 Å². The van der Waals surface area contributed by atoms with Crippen molar-refractivity contribution in [1.29, 1.82) is 0 Å². The fourth-order valence-electron chi connectivity index (χ4n) is 2.51. The molecule has 0 atom stereocenters. The molecule has 0 bridgehead atoms. The molecule has 6 nitrogen and oxygen atoms in total. The highest BCUT2D eigenvalue weighted by molar-refractivity contribution is 5.81. The van der Waals surface area contributed by atoms with E-state index in [1.807, 2.05) is 31.2 Å².